The molecule has 0 amide bonds. The Balaban J connectivity index is 0.00000169. The van der Waals surface area contributed by atoms with Crippen LogP contribution in [0, 0.1) is 5.41 Å². The van der Waals surface area contributed by atoms with Crippen molar-refractivity contribution in [1.29, 1.82) is 0 Å². The third-order valence-corrected chi connectivity index (χ3v) is 6.09. The smallest absolute Gasteiger partial charge is 0.362 e. The first-order valence-electron chi connectivity index (χ1n) is 9.13. The van der Waals surface area contributed by atoms with Gasteiger partial charge in [-0.15, -0.1) is 0 Å². The molecule has 0 aromatic rings. The second-order valence-electron chi connectivity index (χ2n) is 8.14. The van der Waals surface area contributed by atoms with Crippen molar-refractivity contribution < 1.29 is 17.9 Å². The number of halogens is 3. The van der Waals surface area contributed by atoms with Crippen LogP contribution in [0.5, 0.6) is 0 Å². The zero-order valence-corrected chi connectivity index (χ0v) is 14.9. The van der Waals surface area contributed by atoms with Crippen LogP contribution in [0.3, 0.4) is 0 Å². The maximum Gasteiger partial charge on any atom is 0.419 e. The molecule has 0 radical (unpaired) electrons. The summed E-state index contributed by atoms with van der Waals surface area (Å²) >= 11 is 0. The van der Waals surface area contributed by atoms with E-state index in [2.05, 4.69) is 18.4 Å². The van der Waals surface area contributed by atoms with Gasteiger partial charge in [0.05, 0.1) is 6.10 Å². The van der Waals surface area contributed by atoms with E-state index in [0.717, 1.165) is 38.5 Å². The number of nitrogens with zero attached hydrogens (tertiary/aromatic N) is 1. The number of likely N-dealkylation sites (tertiary alicyclic amines) is 1. The van der Waals surface area contributed by atoms with E-state index in [0.29, 0.717) is 5.41 Å². The number of hydrogen-bond acceptors (Lipinski definition) is 3. The molecule has 2 aliphatic heterocycles. The highest BCUT2D eigenvalue weighted by Crippen LogP contribution is 2.49. The fourth-order valence-corrected chi connectivity index (χ4v) is 4.43. The van der Waals surface area contributed by atoms with Gasteiger partial charge in [-0.05, 0) is 51.4 Å². The number of ether oxygens (including phenoxy) is 1. The van der Waals surface area contributed by atoms with Crippen LogP contribution in [0.2, 0.25) is 0 Å². The number of rotatable bonds is 6. The van der Waals surface area contributed by atoms with E-state index in [1.54, 1.807) is 13.8 Å². The fourth-order valence-electron chi connectivity index (χ4n) is 4.43. The van der Waals surface area contributed by atoms with E-state index in [-0.39, 0.29) is 34.0 Å². The van der Waals surface area contributed by atoms with Crippen LogP contribution in [0.1, 0.15) is 74.1 Å². The highest BCUT2D eigenvalue weighted by atomic mass is 19.4. The number of nitrogens with one attached hydrogen (secondary N) is 1. The summed E-state index contributed by atoms with van der Waals surface area (Å²) in [6.45, 7) is 5.56. The van der Waals surface area contributed by atoms with E-state index in [1.807, 2.05) is 4.90 Å². The Bertz CT molecular complexity index is 488. The molecule has 0 atom stereocenters. The van der Waals surface area contributed by atoms with Crippen LogP contribution < -0.4 is 5.32 Å². The average molecular weight is 379 g/mol. The third kappa shape index (κ3) is 4.56. The Morgan fingerprint density at radius 2 is 1.77 bits per heavy atom. The predicted octanol–water partition coefficient (Wildman–Crippen LogP) is 5.47. The molecule has 0 aromatic carbocycles. The van der Waals surface area contributed by atoms with Crippen molar-refractivity contribution in [1.82, 2.24) is 10.2 Å². The standard InChI is InChI=1S/C18H29F3N2O.2CH4/c1-4-16(9-14-10-22-14)7-5-15(6-8-16)23-11-17(12-23,18(19,20)21)24-13(2)3;;/h10,13,15,22H,4-9,11-12H2,1-3H3;2*1H4. The minimum atomic E-state index is -4.29. The molecule has 1 saturated carbocycles. The molecule has 2 fully saturated rings. The van der Waals surface area contributed by atoms with Crippen molar-refractivity contribution in [3.63, 3.8) is 0 Å². The summed E-state index contributed by atoms with van der Waals surface area (Å²) in [6.07, 6.45) is 3.79. The molecular formula is C20H37F3N2O. The van der Waals surface area contributed by atoms with E-state index in [4.69, 9.17) is 4.74 Å². The van der Waals surface area contributed by atoms with E-state index >= 15 is 0 Å². The van der Waals surface area contributed by atoms with Crippen LogP contribution in [-0.2, 0) is 4.74 Å². The first-order valence-corrected chi connectivity index (χ1v) is 9.13. The lowest BCUT2D eigenvalue weighted by Crippen LogP contribution is -2.73. The lowest BCUT2D eigenvalue weighted by atomic mass is 9.67. The van der Waals surface area contributed by atoms with Gasteiger partial charge in [-0.1, -0.05) is 28.2 Å². The average Bonchev–Trinajstić information content (AvgIpc) is 3.26. The summed E-state index contributed by atoms with van der Waals surface area (Å²) in [4.78, 5) is 1.99. The van der Waals surface area contributed by atoms with Gasteiger partial charge in [0.25, 0.3) is 0 Å². The Kier molecular flexibility index (Phi) is 7.25. The zero-order chi connectivity index (χ0) is 17.6. The summed E-state index contributed by atoms with van der Waals surface area (Å²) in [5.74, 6) is 0. The summed E-state index contributed by atoms with van der Waals surface area (Å²) in [5.41, 5.74) is -0.282. The van der Waals surface area contributed by atoms with E-state index < -0.39 is 17.9 Å². The van der Waals surface area contributed by atoms with E-state index in [9.17, 15) is 13.2 Å². The van der Waals surface area contributed by atoms with Crippen LogP contribution in [-0.4, -0.2) is 41.9 Å². The summed E-state index contributed by atoms with van der Waals surface area (Å²) in [6, 6.07) is 0.275. The first kappa shape index (κ1) is 23.3. The van der Waals surface area contributed by atoms with Crippen LogP contribution in [0.25, 0.3) is 0 Å². The second-order valence-corrected chi connectivity index (χ2v) is 8.14. The maximum absolute atomic E-state index is 13.4. The van der Waals surface area contributed by atoms with Gasteiger partial charge in [0.15, 0.2) is 5.60 Å². The monoisotopic (exact) mass is 378 g/mol. The number of hydrogen-bond donors (Lipinski definition) is 1. The highest BCUT2D eigenvalue weighted by Gasteiger charge is 2.64. The molecule has 3 aliphatic rings. The molecule has 0 unspecified atom stereocenters. The molecule has 154 valence electrons. The summed E-state index contributed by atoms with van der Waals surface area (Å²) < 4.78 is 45.6. The molecule has 1 saturated heterocycles. The molecule has 3 rings (SSSR count). The Morgan fingerprint density at radius 3 is 2.15 bits per heavy atom. The van der Waals surface area contributed by atoms with Gasteiger partial charge in [0, 0.05) is 31.0 Å². The highest BCUT2D eigenvalue weighted by molar-refractivity contribution is 5.18. The Morgan fingerprint density at radius 1 is 1.23 bits per heavy atom. The molecule has 0 aromatic heterocycles. The Labute approximate surface area is 157 Å². The molecule has 6 heteroatoms. The minimum absolute atomic E-state index is 0. The Hall–Kier alpha value is -0.750. The van der Waals surface area contributed by atoms with Crippen molar-refractivity contribution in [3.8, 4) is 0 Å². The van der Waals surface area contributed by atoms with Crippen molar-refractivity contribution in [2.45, 2.75) is 98.1 Å². The number of alkyl halides is 3. The molecule has 0 bridgehead atoms. The molecular weight excluding hydrogens is 341 g/mol. The molecule has 2 heterocycles. The second kappa shape index (κ2) is 8.09. The van der Waals surface area contributed by atoms with Crippen molar-refractivity contribution in [2.24, 2.45) is 5.41 Å². The lowest BCUT2D eigenvalue weighted by molar-refractivity contribution is -0.332. The molecule has 3 nitrogen and oxygen atoms in total. The predicted molar refractivity (Wildman–Crippen MR) is 101 cm³/mol. The molecule has 0 spiro atoms. The van der Waals surface area contributed by atoms with Gasteiger partial charge >= 0.3 is 6.18 Å². The SMILES string of the molecule is C.C.CCC1(CC2=CN2)CCC(N2CC(OC(C)C)(C(F)(F)F)C2)CC1. The van der Waals surface area contributed by atoms with Gasteiger partial charge in [-0.3, -0.25) is 4.90 Å². The first-order chi connectivity index (χ1) is 11.2. The largest absolute Gasteiger partial charge is 0.419 e. The summed E-state index contributed by atoms with van der Waals surface area (Å²) in [7, 11) is 0. The van der Waals surface area contributed by atoms with Crippen molar-refractivity contribution in [2.75, 3.05) is 13.1 Å². The van der Waals surface area contributed by atoms with Gasteiger partial charge in [0.1, 0.15) is 0 Å². The topological polar surface area (TPSA) is 34.4 Å². The normalized spacial score (nSPS) is 30.4. The molecule has 1 aliphatic carbocycles. The van der Waals surface area contributed by atoms with Crippen molar-refractivity contribution in [3.05, 3.63) is 11.9 Å². The minimum Gasteiger partial charge on any atom is -0.362 e. The maximum atomic E-state index is 13.4. The lowest BCUT2D eigenvalue weighted by Gasteiger charge is -2.55. The van der Waals surface area contributed by atoms with Gasteiger partial charge in [-0.2, -0.15) is 13.2 Å². The van der Waals surface area contributed by atoms with Gasteiger partial charge < -0.3 is 10.1 Å². The molecule has 26 heavy (non-hydrogen) atoms. The molecule has 1 N–H and O–H groups in total. The summed E-state index contributed by atoms with van der Waals surface area (Å²) in [5, 5.41) is 3.18. The van der Waals surface area contributed by atoms with Gasteiger partial charge in [0.2, 0.25) is 0 Å². The quantitative estimate of drug-likeness (QED) is 0.665. The third-order valence-electron chi connectivity index (χ3n) is 6.09. The number of allylic oxidation sites excluding steroid dienone is 1. The van der Waals surface area contributed by atoms with Crippen molar-refractivity contribution >= 4 is 0 Å². The van der Waals surface area contributed by atoms with Crippen LogP contribution >= 0.6 is 0 Å². The van der Waals surface area contributed by atoms with Crippen LogP contribution in [0.15, 0.2) is 11.9 Å². The van der Waals surface area contributed by atoms with Crippen LogP contribution in [0.4, 0.5) is 13.2 Å². The fraction of sp³-hybridized carbons (Fsp3) is 0.900. The van der Waals surface area contributed by atoms with E-state index in [1.165, 1.54) is 5.70 Å². The van der Waals surface area contributed by atoms with Gasteiger partial charge in [-0.25, -0.2) is 0 Å². The zero-order valence-electron chi connectivity index (χ0n) is 14.9.